The van der Waals surface area contributed by atoms with Crippen molar-refractivity contribution in [2.45, 2.75) is 13.0 Å². The van der Waals surface area contributed by atoms with Crippen molar-refractivity contribution in [3.8, 4) is 17.2 Å². The summed E-state index contributed by atoms with van der Waals surface area (Å²) < 4.78 is 16.3. The van der Waals surface area contributed by atoms with E-state index in [1.807, 2.05) is 18.2 Å². The molecule has 7 nitrogen and oxygen atoms in total. The van der Waals surface area contributed by atoms with Gasteiger partial charge in [-0.3, -0.25) is 4.99 Å². The Balaban J connectivity index is 0.00000320. The summed E-state index contributed by atoms with van der Waals surface area (Å²) in [6.07, 6.45) is 2.96. The number of guanidine groups is 1. The molecule has 2 aromatic carbocycles. The fourth-order valence-electron chi connectivity index (χ4n) is 3.36. The highest BCUT2D eigenvalue weighted by Crippen LogP contribution is 2.39. The maximum absolute atomic E-state index is 5.54. The number of para-hydroxylation sites is 1. The smallest absolute Gasteiger partial charge is 0.203 e. The summed E-state index contributed by atoms with van der Waals surface area (Å²) in [5.41, 5.74) is 3.39. The first-order valence-electron chi connectivity index (χ1n) is 9.49. The van der Waals surface area contributed by atoms with Crippen molar-refractivity contribution in [2.75, 3.05) is 34.9 Å². The first-order valence-corrected chi connectivity index (χ1v) is 9.49. The van der Waals surface area contributed by atoms with E-state index in [9.17, 15) is 0 Å². The minimum atomic E-state index is 0. The summed E-state index contributed by atoms with van der Waals surface area (Å²) >= 11 is 0. The Kier molecular flexibility index (Phi) is 9.10. The number of rotatable bonds is 8. The van der Waals surface area contributed by atoms with Crippen molar-refractivity contribution in [1.29, 1.82) is 0 Å². The van der Waals surface area contributed by atoms with Crippen LogP contribution < -0.4 is 24.8 Å². The van der Waals surface area contributed by atoms with Gasteiger partial charge in [0, 0.05) is 42.8 Å². The highest BCUT2D eigenvalue weighted by molar-refractivity contribution is 14.0. The Hall–Kier alpha value is -2.62. The predicted molar refractivity (Wildman–Crippen MR) is 132 cm³/mol. The third kappa shape index (κ3) is 5.29. The second-order valence-electron chi connectivity index (χ2n) is 6.46. The van der Waals surface area contributed by atoms with Gasteiger partial charge in [-0.25, -0.2) is 0 Å². The lowest BCUT2D eigenvalue weighted by atomic mass is 10.1. The molecule has 0 atom stereocenters. The molecule has 1 aromatic heterocycles. The number of hydrogen-bond acceptors (Lipinski definition) is 4. The zero-order chi connectivity index (χ0) is 20.6. The quantitative estimate of drug-likeness (QED) is 0.238. The van der Waals surface area contributed by atoms with E-state index < -0.39 is 0 Å². The van der Waals surface area contributed by atoms with Crippen molar-refractivity contribution in [1.82, 2.24) is 15.6 Å². The molecule has 0 radical (unpaired) electrons. The van der Waals surface area contributed by atoms with Gasteiger partial charge in [0.05, 0.1) is 21.3 Å². The van der Waals surface area contributed by atoms with Gasteiger partial charge in [-0.1, -0.05) is 18.2 Å². The third-order valence-electron chi connectivity index (χ3n) is 4.82. The summed E-state index contributed by atoms with van der Waals surface area (Å²) in [6, 6.07) is 12.1. The van der Waals surface area contributed by atoms with Crippen LogP contribution in [0.3, 0.4) is 0 Å². The van der Waals surface area contributed by atoms with Crippen LogP contribution in [0.5, 0.6) is 17.2 Å². The molecule has 0 spiro atoms. The summed E-state index contributed by atoms with van der Waals surface area (Å²) in [5.74, 6) is 2.58. The maximum atomic E-state index is 5.54. The third-order valence-corrected chi connectivity index (χ3v) is 4.82. The number of H-pyrrole nitrogens is 1. The molecule has 1 heterocycles. The largest absolute Gasteiger partial charge is 0.493 e. The fraction of sp³-hybridized carbons (Fsp3) is 0.318. The molecule has 0 amide bonds. The molecule has 8 heteroatoms. The summed E-state index contributed by atoms with van der Waals surface area (Å²) in [5, 5.41) is 7.94. The predicted octanol–water partition coefficient (Wildman–Crippen LogP) is 3.72. The normalized spacial score (nSPS) is 11.0. The molecule has 0 saturated heterocycles. The number of hydrogen-bond donors (Lipinski definition) is 3. The standard InChI is InChI=1S/C22H28N4O3.HI/c1-23-22(24-12-11-15-13-25-18-8-6-5-7-17(15)18)26-14-16-9-10-19(27-2)21(29-4)20(16)28-3;/h5-10,13,25H,11-12,14H2,1-4H3,(H2,23,24,26);1H. The Morgan fingerprint density at radius 2 is 1.70 bits per heavy atom. The number of fused-ring (bicyclic) bond motifs is 1. The van der Waals surface area contributed by atoms with Gasteiger partial charge in [-0.2, -0.15) is 0 Å². The van der Waals surface area contributed by atoms with Crippen molar-refractivity contribution >= 4 is 40.8 Å². The molecule has 0 aliphatic heterocycles. The number of halogens is 1. The molecule has 30 heavy (non-hydrogen) atoms. The summed E-state index contributed by atoms with van der Waals surface area (Å²) in [4.78, 5) is 7.62. The van der Waals surface area contributed by atoms with Gasteiger partial charge >= 0.3 is 0 Å². The lowest BCUT2D eigenvalue weighted by Gasteiger charge is -2.17. The second kappa shape index (κ2) is 11.5. The van der Waals surface area contributed by atoms with Crippen LogP contribution in [0, 0.1) is 0 Å². The van der Waals surface area contributed by atoms with Crippen LogP contribution in [0.15, 0.2) is 47.6 Å². The lowest BCUT2D eigenvalue weighted by Crippen LogP contribution is -2.37. The van der Waals surface area contributed by atoms with Crippen LogP contribution in [0.25, 0.3) is 10.9 Å². The fourth-order valence-corrected chi connectivity index (χ4v) is 3.36. The monoisotopic (exact) mass is 524 g/mol. The van der Waals surface area contributed by atoms with E-state index in [1.54, 1.807) is 28.4 Å². The van der Waals surface area contributed by atoms with E-state index in [0.29, 0.717) is 23.8 Å². The van der Waals surface area contributed by atoms with Gasteiger partial charge in [0.15, 0.2) is 17.5 Å². The summed E-state index contributed by atoms with van der Waals surface area (Å²) in [7, 11) is 6.58. The zero-order valence-electron chi connectivity index (χ0n) is 17.7. The number of benzene rings is 2. The number of aliphatic imine (C=N–C) groups is 1. The lowest BCUT2D eigenvalue weighted by molar-refractivity contribution is 0.322. The van der Waals surface area contributed by atoms with E-state index in [0.717, 1.165) is 30.0 Å². The number of aromatic nitrogens is 1. The molecular weight excluding hydrogens is 495 g/mol. The van der Waals surface area contributed by atoms with Crippen molar-refractivity contribution in [3.63, 3.8) is 0 Å². The van der Waals surface area contributed by atoms with Crippen LogP contribution in [-0.2, 0) is 13.0 Å². The molecule has 162 valence electrons. The molecule has 0 bridgehead atoms. The van der Waals surface area contributed by atoms with E-state index >= 15 is 0 Å². The Morgan fingerprint density at radius 3 is 2.40 bits per heavy atom. The maximum Gasteiger partial charge on any atom is 0.203 e. The molecular formula is C22H29IN4O3. The Bertz CT molecular complexity index is 988. The topological polar surface area (TPSA) is 79.9 Å². The van der Waals surface area contributed by atoms with Crippen molar-refractivity contribution in [3.05, 3.63) is 53.7 Å². The Morgan fingerprint density at radius 1 is 0.933 bits per heavy atom. The second-order valence-corrected chi connectivity index (χ2v) is 6.46. The van der Waals surface area contributed by atoms with Crippen molar-refractivity contribution in [2.24, 2.45) is 4.99 Å². The molecule has 3 aromatic rings. The molecule has 0 unspecified atom stereocenters. The van der Waals surface area contributed by atoms with Gasteiger partial charge in [0.2, 0.25) is 5.75 Å². The van der Waals surface area contributed by atoms with Gasteiger partial charge in [0.1, 0.15) is 0 Å². The van der Waals surface area contributed by atoms with Gasteiger partial charge < -0.3 is 29.8 Å². The van der Waals surface area contributed by atoms with E-state index in [-0.39, 0.29) is 24.0 Å². The van der Waals surface area contributed by atoms with Crippen molar-refractivity contribution < 1.29 is 14.2 Å². The highest BCUT2D eigenvalue weighted by Gasteiger charge is 2.15. The number of nitrogens with one attached hydrogen (secondary N) is 3. The molecule has 3 N–H and O–H groups in total. The van der Waals surface area contributed by atoms with E-state index in [2.05, 4.69) is 45.0 Å². The molecule has 0 aliphatic carbocycles. The number of ether oxygens (including phenoxy) is 3. The summed E-state index contributed by atoms with van der Waals surface area (Å²) in [6.45, 7) is 1.31. The van der Waals surface area contributed by atoms with Crippen LogP contribution in [-0.4, -0.2) is 45.9 Å². The van der Waals surface area contributed by atoms with Crippen LogP contribution in [0.1, 0.15) is 11.1 Å². The molecule has 0 aliphatic rings. The minimum Gasteiger partial charge on any atom is -0.493 e. The average Bonchev–Trinajstić information content (AvgIpc) is 3.18. The van der Waals surface area contributed by atoms with Crippen LogP contribution >= 0.6 is 24.0 Å². The molecule has 3 rings (SSSR count). The van der Waals surface area contributed by atoms with E-state index in [4.69, 9.17) is 14.2 Å². The number of aromatic amines is 1. The number of methoxy groups -OCH3 is 3. The zero-order valence-corrected chi connectivity index (χ0v) is 20.1. The molecule has 0 saturated carbocycles. The van der Waals surface area contributed by atoms with Gasteiger partial charge in [-0.05, 0) is 30.2 Å². The minimum absolute atomic E-state index is 0. The average molecular weight is 524 g/mol. The Labute approximate surface area is 194 Å². The SMILES string of the molecule is CN=C(NCCc1c[nH]c2ccccc12)NCc1ccc(OC)c(OC)c1OC.I. The van der Waals surface area contributed by atoms with Crippen LogP contribution in [0.4, 0.5) is 0 Å². The van der Waals surface area contributed by atoms with Gasteiger partial charge in [-0.15, -0.1) is 24.0 Å². The first kappa shape index (κ1) is 23.7. The van der Waals surface area contributed by atoms with Crippen LogP contribution in [0.2, 0.25) is 0 Å². The van der Waals surface area contributed by atoms with Gasteiger partial charge in [0.25, 0.3) is 0 Å². The number of nitrogens with zero attached hydrogens (tertiary/aromatic N) is 1. The first-order chi connectivity index (χ1) is 14.2. The van der Waals surface area contributed by atoms with E-state index in [1.165, 1.54) is 10.9 Å². The highest BCUT2D eigenvalue weighted by atomic mass is 127. The molecule has 0 fully saturated rings.